The first kappa shape index (κ1) is 12.4. The number of benzene rings is 1. The van der Waals surface area contributed by atoms with Gasteiger partial charge in [0, 0.05) is 24.1 Å². The van der Waals surface area contributed by atoms with Crippen molar-refractivity contribution in [1.29, 1.82) is 0 Å². The summed E-state index contributed by atoms with van der Waals surface area (Å²) in [6, 6.07) is 6.03. The normalized spacial score (nSPS) is 15.4. The fraction of sp³-hybridized carbons (Fsp3) is 0.417. The molecular formula is C12H16BrN3O. The summed E-state index contributed by atoms with van der Waals surface area (Å²) in [5, 5.41) is 3.24. The number of amides is 1. The summed E-state index contributed by atoms with van der Waals surface area (Å²) in [6.07, 6.45) is 0. The van der Waals surface area contributed by atoms with Crippen molar-refractivity contribution in [3.63, 3.8) is 0 Å². The zero-order valence-electron chi connectivity index (χ0n) is 9.74. The molecule has 1 aromatic carbocycles. The molecule has 1 fully saturated rings. The summed E-state index contributed by atoms with van der Waals surface area (Å²) in [5.41, 5.74) is 6.92. The molecule has 0 aromatic heterocycles. The van der Waals surface area contributed by atoms with Crippen LogP contribution in [0.1, 0.15) is 17.3 Å². The van der Waals surface area contributed by atoms with Crippen LogP contribution in [0.25, 0.3) is 0 Å². The summed E-state index contributed by atoms with van der Waals surface area (Å²) < 4.78 is 0.961. The quantitative estimate of drug-likeness (QED) is 0.882. The van der Waals surface area contributed by atoms with Gasteiger partial charge in [0.1, 0.15) is 0 Å². The van der Waals surface area contributed by atoms with Crippen LogP contribution in [-0.4, -0.2) is 31.6 Å². The van der Waals surface area contributed by atoms with Gasteiger partial charge in [0.2, 0.25) is 0 Å². The number of hydrogen-bond acceptors (Lipinski definition) is 3. The van der Waals surface area contributed by atoms with Crippen LogP contribution in [0.5, 0.6) is 0 Å². The zero-order valence-corrected chi connectivity index (χ0v) is 11.3. The predicted octanol–water partition coefficient (Wildman–Crippen LogP) is 1.35. The number of likely N-dealkylation sites (N-methyl/N-ethyl adjacent to an activating group) is 1. The van der Waals surface area contributed by atoms with Crippen LogP contribution in [0, 0.1) is 0 Å². The minimum atomic E-state index is -0.377. The average Bonchev–Trinajstić information content (AvgIpc) is 2.22. The maximum Gasteiger partial charge on any atom is 0.250 e. The molecule has 92 valence electrons. The number of hydrogen-bond donors (Lipinski definition) is 2. The number of halogens is 1. The van der Waals surface area contributed by atoms with E-state index in [4.69, 9.17) is 5.73 Å². The lowest BCUT2D eigenvalue weighted by Gasteiger charge is -2.40. The zero-order chi connectivity index (χ0) is 12.4. The third kappa shape index (κ3) is 2.45. The van der Waals surface area contributed by atoms with Crippen molar-refractivity contribution in [2.75, 3.05) is 24.5 Å². The maximum absolute atomic E-state index is 11.4. The molecule has 1 aliphatic rings. The van der Waals surface area contributed by atoms with E-state index in [2.05, 4.69) is 33.1 Å². The second kappa shape index (κ2) is 5.06. The van der Waals surface area contributed by atoms with Crippen molar-refractivity contribution in [2.45, 2.75) is 13.0 Å². The van der Waals surface area contributed by atoms with Crippen LogP contribution in [0.2, 0.25) is 0 Å². The topological polar surface area (TPSA) is 58.4 Å². The molecule has 1 aromatic rings. The molecule has 3 N–H and O–H groups in total. The largest absolute Gasteiger partial charge is 0.366 e. The van der Waals surface area contributed by atoms with E-state index in [0.29, 0.717) is 11.6 Å². The van der Waals surface area contributed by atoms with Crippen LogP contribution in [0.3, 0.4) is 0 Å². The number of nitrogens with zero attached hydrogens (tertiary/aromatic N) is 1. The number of nitrogens with two attached hydrogens (primary N) is 1. The Kier molecular flexibility index (Phi) is 3.69. The van der Waals surface area contributed by atoms with Gasteiger partial charge in [0.15, 0.2) is 0 Å². The number of anilines is 1. The van der Waals surface area contributed by atoms with Crippen LogP contribution in [0.15, 0.2) is 22.7 Å². The van der Waals surface area contributed by atoms with Gasteiger partial charge in [-0.15, -0.1) is 0 Å². The fourth-order valence-electron chi connectivity index (χ4n) is 2.07. The molecule has 0 radical (unpaired) electrons. The molecule has 0 bridgehead atoms. The summed E-state index contributed by atoms with van der Waals surface area (Å²) in [4.78, 5) is 13.7. The maximum atomic E-state index is 11.4. The molecule has 5 heteroatoms. The van der Waals surface area contributed by atoms with E-state index in [0.717, 1.165) is 29.8 Å². The van der Waals surface area contributed by atoms with Gasteiger partial charge in [-0.05, 0) is 25.1 Å². The van der Waals surface area contributed by atoms with Crippen molar-refractivity contribution in [1.82, 2.24) is 5.32 Å². The van der Waals surface area contributed by atoms with Crippen molar-refractivity contribution in [3.8, 4) is 0 Å². The van der Waals surface area contributed by atoms with Gasteiger partial charge >= 0.3 is 0 Å². The van der Waals surface area contributed by atoms with E-state index in [9.17, 15) is 4.79 Å². The van der Waals surface area contributed by atoms with Crippen LogP contribution in [-0.2, 0) is 0 Å². The molecule has 1 heterocycles. The molecule has 4 nitrogen and oxygen atoms in total. The van der Waals surface area contributed by atoms with E-state index >= 15 is 0 Å². The SMILES string of the molecule is CCN(c1cc(Br)ccc1C(N)=O)C1CNC1. The Labute approximate surface area is 109 Å². The highest BCUT2D eigenvalue weighted by atomic mass is 79.9. The van der Waals surface area contributed by atoms with Gasteiger partial charge in [-0.25, -0.2) is 0 Å². The molecular weight excluding hydrogens is 282 g/mol. The fourth-order valence-corrected chi connectivity index (χ4v) is 2.42. The van der Waals surface area contributed by atoms with E-state index in [1.165, 1.54) is 0 Å². The smallest absolute Gasteiger partial charge is 0.250 e. The highest BCUT2D eigenvalue weighted by Gasteiger charge is 2.26. The predicted molar refractivity (Wildman–Crippen MR) is 72.3 cm³/mol. The van der Waals surface area contributed by atoms with E-state index in [1.807, 2.05) is 12.1 Å². The second-order valence-corrected chi connectivity index (χ2v) is 5.04. The van der Waals surface area contributed by atoms with Crippen molar-refractivity contribution >= 4 is 27.5 Å². The number of rotatable bonds is 4. The molecule has 0 saturated carbocycles. The first-order valence-corrected chi connectivity index (χ1v) is 6.49. The number of nitrogens with one attached hydrogen (secondary N) is 1. The molecule has 17 heavy (non-hydrogen) atoms. The van der Waals surface area contributed by atoms with E-state index < -0.39 is 0 Å². The van der Waals surface area contributed by atoms with Gasteiger partial charge in [0.05, 0.1) is 17.3 Å². The average molecular weight is 298 g/mol. The molecule has 0 atom stereocenters. The van der Waals surface area contributed by atoms with Crippen LogP contribution in [0.4, 0.5) is 5.69 Å². The number of carbonyl (C=O) groups is 1. The molecule has 1 amide bonds. The van der Waals surface area contributed by atoms with Crippen molar-refractivity contribution < 1.29 is 4.79 Å². The molecule has 0 spiro atoms. The van der Waals surface area contributed by atoms with Crippen LogP contribution < -0.4 is 16.0 Å². The van der Waals surface area contributed by atoms with E-state index in [-0.39, 0.29) is 5.91 Å². The van der Waals surface area contributed by atoms with Gasteiger partial charge in [0.25, 0.3) is 5.91 Å². The third-order valence-electron chi connectivity index (χ3n) is 3.08. The minimum absolute atomic E-state index is 0.377. The van der Waals surface area contributed by atoms with Gasteiger partial charge < -0.3 is 16.0 Å². The van der Waals surface area contributed by atoms with Crippen molar-refractivity contribution in [3.05, 3.63) is 28.2 Å². The van der Waals surface area contributed by atoms with Crippen molar-refractivity contribution in [2.24, 2.45) is 5.73 Å². The van der Waals surface area contributed by atoms with Crippen LogP contribution >= 0.6 is 15.9 Å². The molecule has 2 rings (SSSR count). The Morgan fingerprint density at radius 2 is 2.29 bits per heavy atom. The van der Waals surface area contributed by atoms with Gasteiger partial charge in [-0.1, -0.05) is 15.9 Å². The monoisotopic (exact) mass is 297 g/mol. The Morgan fingerprint density at radius 3 is 2.76 bits per heavy atom. The molecule has 0 unspecified atom stereocenters. The highest BCUT2D eigenvalue weighted by Crippen LogP contribution is 2.27. The molecule has 0 aliphatic carbocycles. The second-order valence-electron chi connectivity index (χ2n) is 4.12. The first-order chi connectivity index (χ1) is 8.13. The molecule has 1 aliphatic heterocycles. The summed E-state index contributed by atoms with van der Waals surface area (Å²) in [6.45, 7) is 4.87. The lowest BCUT2D eigenvalue weighted by atomic mass is 10.1. The standard InChI is InChI=1S/C12H16BrN3O/c1-2-16(9-6-15-7-9)11-5-8(13)3-4-10(11)12(14)17/h3-5,9,15H,2,6-7H2,1H3,(H2,14,17). The Hall–Kier alpha value is -1.07. The summed E-state index contributed by atoms with van der Waals surface area (Å²) in [7, 11) is 0. The first-order valence-electron chi connectivity index (χ1n) is 5.70. The summed E-state index contributed by atoms with van der Waals surface area (Å²) in [5.74, 6) is -0.377. The number of carbonyl (C=O) groups excluding carboxylic acids is 1. The lowest BCUT2D eigenvalue weighted by Crippen LogP contribution is -2.57. The van der Waals surface area contributed by atoms with E-state index in [1.54, 1.807) is 6.07 Å². The molecule has 1 saturated heterocycles. The highest BCUT2D eigenvalue weighted by molar-refractivity contribution is 9.10. The Balaban J connectivity index is 2.39. The minimum Gasteiger partial charge on any atom is -0.366 e. The van der Waals surface area contributed by atoms with Gasteiger partial charge in [-0.3, -0.25) is 4.79 Å². The third-order valence-corrected chi connectivity index (χ3v) is 3.57. The van der Waals surface area contributed by atoms with Gasteiger partial charge in [-0.2, -0.15) is 0 Å². The summed E-state index contributed by atoms with van der Waals surface area (Å²) >= 11 is 3.44. The Bertz CT molecular complexity index is 432. The number of primary amides is 1. The lowest BCUT2D eigenvalue weighted by molar-refractivity contribution is 0.100. The Morgan fingerprint density at radius 1 is 1.59 bits per heavy atom.